The lowest BCUT2D eigenvalue weighted by Gasteiger charge is -2.05. The molecule has 0 unspecified atom stereocenters. The van der Waals surface area contributed by atoms with Crippen LogP contribution in [0.25, 0.3) is 0 Å². The van der Waals surface area contributed by atoms with Crippen LogP contribution in [0.4, 0.5) is 0 Å². The van der Waals surface area contributed by atoms with Gasteiger partial charge in [0.05, 0.1) is 18.2 Å². The highest BCUT2D eigenvalue weighted by Gasteiger charge is 1.94. The predicted octanol–water partition coefficient (Wildman–Crippen LogP) is 3.47. The maximum atomic E-state index is 8.63. The lowest BCUT2D eigenvalue weighted by Crippen LogP contribution is -1.98. The van der Waals surface area contributed by atoms with Gasteiger partial charge in [-0.05, 0) is 48.6 Å². The van der Waals surface area contributed by atoms with Crippen molar-refractivity contribution in [3.05, 3.63) is 29.8 Å². The number of ether oxygens (including phenoxy) is 1. The van der Waals surface area contributed by atoms with Gasteiger partial charge in [-0.3, -0.25) is 0 Å². The minimum atomic E-state index is 0.672. The summed E-state index contributed by atoms with van der Waals surface area (Å²) < 4.78 is 5.56. The van der Waals surface area contributed by atoms with Gasteiger partial charge in [-0.15, -0.1) is 0 Å². The Balaban J connectivity index is 2.15. The van der Waals surface area contributed by atoms with Gasteiger partial charge < -0.3 is 4.74 Å². The van der Waals surface area contributed by atoms with Gasteiger partial charge in [0.1, 0.15) is 5.75 Å². The SMILES string of the molecule is CCCSCCCOc1ccc(C#N)cc1. The standard InChI is InChI=1S/C13H17NOS/c1-2-9-16-10-3-8-15-13-6-4-12(11-14)5-7-13/h4-7H,2-3,8-10H2,1H3. The monoisotopic (exact) mass is 235 g/mol. The Labute approximate surface area is 102 Å². The Morgan fingerprint density at radius 1 is 1.25 bits per heavy atom. The van der Waals surface area contributed by atoms with Crippen LogP contribution in [-0.4, -0.2) is 18.1 Å². The maximum Gasteiger partial charge on any atom is 0.119 e. The summed E-state index contributed by atoms with van der Waals surface area (Å²) in [5, 5.41) is 8.63. The summed E-state index contributed by atoms with van der Waals surface area (Å²) in [5.74, 6) is 3.24. The molecule has 16 heavy (non-hydrogen) atoms. The molecular formula is C13H17NOS. The molecular weight excluding hydrogens is 218 g/mol. The van der Waals surface area contributed by atoms with E-state index in [1.165, 1.54) is 12.2 Å². The van der Waals surface area contributed by atoms with Crippen LogP contribution in [0, 0.1) is 11.3 Å². The molecule has 2 nitrogen and oxygen atoms in total. The van der Waals surface area contributed by atoms with Crippen molar-refractivity contribution in [3.8, 4) is 11.8 Å². The first-order valence-corrected chi connectivity index (χ1v) is 6.73. The molecule has 0 saturated carbocycles. The lowest BCUT2D eigenvalue weighted by atomic mass is 10.2. The molecule has 0 radical (unpaired) electrons. The van der Waals surface area contributed by atoms with Crippen LogP contribution in [0.2, 0.25) is 0 Å². The largest absolute Gasteiger partial charge is 0.494 e. The zero-order chi connectivity index (χ0) is 11.6. The van der Waals surface area contributed by atoms with E-state index < -0.39 is 0 Å². The van der Waals surface area contributed by atoms with E-state index in [0.717, 1.165) is 24.5 Å². The van der Waals surface area contributed by atoms with Crippen molar-refractivity contribution in [2.45, 2.75) is 19.8 Å². The highest BCUT2D eigenvalue weighted by molar-refractivity contribution is 7.99. The van der Waals surface area contributed by atoms with Gasteiger partial charge in [0.2, 0.25) is 0 Å². The molecule has 0 saturated heterocycles. The average molecular weight is 235 g/mol. The molecule has 0 spiro atoms. The van der Waals surface area contributed by atoms with Crippen LogP contribution in [0.3, 0.4) is 0 Å². The fourth-order valence-corrected chi connectivity index (χ4v) is 2.04. The van der Waals surface area contributed by atoms with Gasteiger partial charge in [0.15, 0.2) is 0 Å². The van der Waals surface area contributed by atoms with E-state index >= 15 is 0 Å². The van der Waals surface area contributed by atoms with E-state index in [2.05, 4.69) is 13.0 Å². The molecule has 0 aliphatic heterocycles. The lowest BCUT2D eigenvalue weighted by molar-refractivity contribution is 0.318. The number of benzene rings is 1. The van der Waals surface area contributed by atoms with E-state index in [-0.39, 0.29) is 0 Å². The smallest absolute Gasteiger partial charge is 0.119 e. The van der Waals surface area contributed by atoms with Gasteiger partial charge in [-0.1, -0.05) is 6.92 Å². The Morgan fingerprint density at radius 2 is 2.00 bits per heavy atom. The molecule has 0 aromatic heterocycles. The van der Waals surface area contributed by atoms with Gasteiger partial charge in [-0.25, -0.2) is 0 Å². The van der Waals surface area contributed by atoms with E-state index in [4.69, 9.17) is 10.00 Å². The third kappa shape index (κ3) is 5.09. The quantitative estimate of drug-likeness (QED) is 0.678. The second-order valence-electron chi connectivity index (χ2n) is 3.45. The molecule has 1 aromatic rings. The van der Waals surface area contributed by atoms with Crippen LogP contribution in [0.5, 0.6) is 5.75 Å². The molecule has 0 fully saturated rings. The molecule has 0 amide bonds. The normalized spacial score (nSPS) is 9.75. The first-order chi connectivity index (χ1) is 7.86. The van der Waals surface area contributed by atoms with E-state index in [9.17, 15) is 0 Å². The zero-order valence-electron chi connectivity index (χ0n) is 9.61. The average Bonchev–Trinajstić information content (AvgIpc) is 2.34. The summed E-state index contributed by atoms with van der Waals surface area (Å²) in [7, 11) is 0. The second-order valence-corrected chi connectivity index (χ2v) is 4.68. The Bertz CT molecular complexity index is 329. The van der Waals surface area contributed by atoms with E-state index in [0.29, 0.717) is 5.56 Å². The first kappa shape index (κ1) is 12.9. The fraction of sp³-hybridized carbons (Fsp3) is 0.462. The van der Waals surface area contributed by atoms with Crippen molar-refractivity contribution in [3.63, 3.8) is 0 Å². The Hall–Kier alpha value is -1.14. The molecule has 0 aliphatic carbocycles. The number of rotatable bonds is 7. The van der Waals surface area contributed by atoms with E-state index in [1.54, 1.807) is 12.1 Å². The first-order valence-electron chi connectivity index (χ1n) is 5.57. The van der Waals surface area contributed by atoms with Crippen LogP contribution in [0.15, 0.2) is 24.3 Å². The summed E-state index contributed by atoms with van der Waals surface area (Å²) in [6, 6.07) is 9.33. The summed E-state index contributed by atoms with van der Waals surface area (Å²) in [5.41, 5.74) is 0.672. The van der Waals surface area contributed by atoms with Crippen LogP contribution >= 0.6 is 11.8 Å². The van der Waals surface area contributed by atoms with Crippen molar-refractivity contribution in [1.29, 1.82) is 5.26 Å². The molecule has 1 aromatic carbocycles. The predicted molar refractivity (Wildman–Crippen MR) is 68.9 cm³/mol. The molecule has 1 rings (SSSR count). The number of nitrogens with zero attached hydrogens (tertiary/aromatic N) is 1. The molecule has 3 heteroatoms. The highest BCUT2D eigenvalue weighted by Crippen LogP contribution is 2.12. The minimum absolute atomic E-state index is 0.672. The molecule has 0 bridgehead atoms. The Morgan fingerprint density at radius 3 is 2.62 bits per heavy atom. The fourth-order valence-electron chi connectivity index (χ4n) is 1.22. The number of hydrogen-bond donors (Lipinski definition) is 0. The molecule has 0 aliphatic rings. The van der Waals surface area contributed by atoms with Gasteiger partial charge >= 0.3 is 0 Å². The van der Waals surface area contributed by atoms with Crippen molar-refractivity contribution in [2.24, 2.45) is 0 Å². The van der Waals surface area contributed by atoms with Crippen molar-refractivity contribution in [1.82, 2.24) is 0 Å². The van der Waals surface area contributed by atoms with E-state index in [1.807, 2.05) is 23.9 Å². The number of thioether (sulfide) groups is 1. The Kier molecular flexibility index (Phi) is 6.52. The topological polar surface area (TPSA) is 33.0 Å². The number of nitriles is 1. The van der Waals surface area contributed by atoms with Crippen molar-refractivity contribution < 1.29 is 4.74 Å². The van der Waals surface area contributed by atoms with Crippen LogP contribution in [-0.2, 0) is 0 Å². The van der Waals surface area contributed by atoms with Gasteiger partial charge in [-0.2, -0.15) is 17.0 Å². The summed E-state index contributed by atoms with van der Waals surface area (Å²) >= 11 is 1.97. The highest BCUT2D eigenvalue weighted by atomic mass is 32.2. The second kappa shape index (κ2) is 8.06. The van der Waals surface area contributed by atoms with Crippen molar-refractivity contribution >= 4 is 11.8 Å². The third-order valence-corrected chi connectivity index (χ3v) is 3.31. The van der Waals surface area contributed by atoms with Gasteiger partial charge in [0.25, 0.3) is 0 Å². The minimum Gasteiger partial charge on any atom is -0.494 e. The third-order valence-electron chi connectivity index (χ3n) is 2.03. The van der Waals surface area contributed by atoms with Crippen molar-refractivity contribution in [2.75, 3.05) is 18.1 Å². The molecule has 0 atom stereocenters. The number of hydrogen-bond acceptors (Lipinski definition) is 3. The molecule has 0 heterocycles. The maximum absolute atomic E-state index is 8.63. The summed E-state index contributed by atoms with van der Waals surface area (Å²) in [6.07, 6.45) is 2.31. The molecule has 86 valence electrons. The van der Waals surface area contributed by atoms with Crippen LogP contribution in [0.1, 0.15) is 25.3 Å². The summed E-state index contributed by atoms with van der Waals surface area (Å²) in [6.45, 7) is 2.95. The summed E-state index contributed by atoms with van der Waals surface area (Å²) in [4.78, 5) is 0. The van der Waals surface area contributed by atoms with Gasteiger partial charge in [0, 0.05) is 0 Å². The van der Waals surface area contributed by atoms with Crippen LogP contribution < -0.4 is 4.74 Å². The zero-order valence-corrected chi connectivity index (χ0v) is 10.4. The molecule has 0 N–H and O–H groups in total.